The van der Waals surface area contributed by atoms with Crippen LogP contribution in [0.2, 0.25) is 0 Å². The smallest absolute Gasteiger partial charge is 0.213 e. The van der Waals surface area contributed by atoms with Crippen LogP contribution >= 0.6 is 24.0 Å². The number of hydrogen-bond acceptors (Lipinski definition) is 5. The second-order valence-corrected chi connectivity index (χ2v) is 7.72. The molecule has 0 spiro atoms. The summed E-state index contributed by atoms with van der Waals surface area (Å²) in [5, 5.41) is 6.55. The molecule has 0 unspecified atom stereocenters. The number of nitrogens with one attached hydrogen (secondary N) is 2. The number of nitrogens with zero attached hydrogens (tertiary/aromatic N) is 2. The highest BCUT2D eigenvalue weighted by atomic mass is 127. The SMILES string of the molecule is CCOCCOCc1cccc(CNC(=NC)NCc2ncc(C(C)(C)C)o2)c1.I. The minimum atomic E-state index is -0.0526. The molecule has 0 saturated heterocycles. The van der Waals surface area contributed by atoms with Gasteiger partial charge in [-0.2, -0.15) is 0 Å². The quantitative estimate of drug-likeness (QED) is 0.209. The number of aromatic nitrogens is 1. The predicted molar refractivity (Wildman–Crippen MR) is 130 cm³/mol. The largest absolute Gasteiger partial charge is 0.443 e. The molecule has 2 rings (SSSR count). The summed E-state index contributed by atoms with van der Waals surface area (Å²) in [5.41, 5.74) is 2.24. The summed E-state index contributed by atoms with van der Waals surface area (Å²) in [6.07, 6.45) is 1.79. The van der Waals surface area contributed by atoms with E-state index in [4.69, 9.17) is 13.9 Å². The maximum Gasteiger partial charge on any atom is 0.213 e. The second-order valence-electron chi connectivity index (χ2n) is 7.72. The minimum absolute atomic E-state index is 0. The van der Waals surface area contributed by atoms with Crippen LogP contribution < -0.4 is 10.6 Å². The standard InChI is InChI=1S/C22H34N4O3.HI/c1-6-27-10-11-28-16-18-9-7-8-17(12-18)13-25-21(23-5)26-15-20-24-14-19(29-20)22(2,3)4;/h7-9,12,14H,6,10-11,13,15-16H2,1-5H3,(H2,23,25,26);1H. The van der Waals surface area contributed by atoms with E-state index in [1.54, 1.807) is 13.2 Å². The van der Waals surface area contributed by atoms with Crippen LogP contribution in [-0.2, 0) is 34.6 Å². The Labute approximate surface area is 197 Å². The molecule has 8 heteroatoms. The van der Waals surface area contributed by atoms with Gasteiger partial charge in [-0.25, -0.2) is 4.98 Å². The summed E-state index contributed by atoms with van der Waals surface area (Å²) in [6.45, 7) is 11.9. The molecule has 7 nitrogen and oxygen atoms in total. The van der Waals surface area contributed by atoms with Crippen LogP contribution in [0.15, 0.2) is 39.9 Å². The summed E-state index contributed by atoms with van der Waals surface area (Å²) in [6, 6.07) is 8.31. The lowest BCUT2D eigenvalue weighted by atomic mass is 9.94. The van der Waals surface area contributed by atoms with E-state index in [1.807, 2.05) is 13.0 Å². The Morgan fingerprint density at radius 3 is 2.47 bits per heavy atom. The number of rotatable bonds is 10. The van der Waals surface area contributed by atoms with Crippen molar-refractivity contribution in [2.24, 2.45) is 4.99 Å². The molecule has 0 radical (unpaired) electrons. The Hall–Kier alpha value is -1.65. The zero-order chi connectivity index (χ0) is 21.1. The maximum absolute atomic E-state index is 5.80. The normalized spacial score (nSPS) is 11.8. The maximum atomic E-state index is 5.80. The molecule has 0 saturated carbocycles. The predicted octanol–water partition coefficient (Wildman–Crippen LogP) is 4.01. The molecule has 0 aliphatic rings. The van der Waals surface area contributed by atoms with Crippen LogP contribution in [0.5, 0.6) is 0 Å². The van der Waals surface area contributed by atoms with E-state index >= 15 is 0 Å². The van der Waals surface area contributed by atoms with Crippen molar-refractivity contribution >= 4 is 29.9 Å². The van der Waals surface area contributed by atoms with E-state index in [-0.39, 0.29) is 29.4 Å². The van der Waals surface area contributed by atoms with Gasteiger partial charge >= 0.3 is 0 Å². The van der Waals surface area contributed by atoms with Gasteiger partial charge in [0.1, 0.15) is 5.76 Å². The van der Waals surface area contributed by atoms with Gasteiger partial charge in [0.15, 0.2) is 5.96 Å². The fourth-order valence-corrected chi connectivity index (χ4v) is 2.59. The lowest BCUT2D eigenvalue weighted by Crippen LogP contribution is -2.36. The van der Waals surface area contributed by atoms with Gasteiger partial charge < -0.3 is 24.5 Å². The number of halogens is 1. The van der Waals surface area contributed by atoms with Gasteiger partial charge in [0.2, 0.25) is 5.89 Å². The first-order valence-corrected chi connectivity index (χ1v) is 10.1. The third kappa shape index (κ3) is 9.44. The van der Waals surface area contributed by atoms with E-state index in [0.717, 1.165) is 16.9 Å². The van der Waals surface area contributed by atoms with Crippen LogP contribution in [-0.4, -0.2) is 37.8 Å². The number of ether oxygens (including phenoxy) is 2. The van der Waals surface area contributed by atoms with Crippen LogP contribution in [0, 0.1) is 0 Å². The molecular weight excluding hydrogens is 495 g/mol. The van der Waals surface area contributed by atoms with Crippen molar-refractivity contribution in [1.82, 2.24) is 15.6 Å². The van der Waals surface area contributed by atoms with Crippen molar-refractivity contribution in [3.63, 3.8) is 0 Å². The third-order valence-electron chi connectivity index (χ3n) is 4.22. The molecule has 0 amide bonds. The van der Waals surface area contributed by atoms with Crippen LogP contribution in [0.25, 0.3) is 0 Å². The van der Waals surface area contributed by atoms with Crippen molar-refractivity contribution in [2.45, 2.75) is 52.8 Å². The van der Waals surface area contributed by atoms with Gasteiger partial charge in [-0.05, 0) is 18.1 Å². The molecule has 168 valence electrons. The van der Waals surface area contributed by atoms with Gasteiger partial charge in [0.25, 0.3) is 0 Å². The summed E-state index contributed by atoms with van der Waals surface area (Å²) in [4.78, 5) is 8.59. The van der Waals surface area contributed by atoms with Crippen molar-refractivity contribution < 1.29 is 13.9 Å². The van der Waals surface area contributed by atoms with E-state index in [2.05, 4.69) is 59.6 Å². The second kappa shape index (κ2) is 13.6. The first-order valence-electron chi connectivity index (χ1n) is 10.1. The average molecular weight is 530 g/mol. The Balaban J connectivity index is 0.00000450. The Morgan fingerprint density at radius 2 is 1.80 bits per heavy atom. The zero-order valence-electron chi connectivity index (χ0n) is 18.7. The van der Waals surface area contributed by atoms with E-state index in [1.165, 1.54) is 0 Å². The molecular formula is C22H35IN4O3. The number of benzene rings is 1. The lowest BCUT2D eigenvalue weighted by molar-refractivity contribution is 0.0453. The fourth-order valence-electron chi connectivity index (χ4n) is 2.59. The molecule has 0 fully saturated rings. The molecule has 0 aliphatic heterocycles. The molecule has 1 aromatic heterocycles. The molecule has 2 N–H and O–H groups in total. The number of guanidine groups is 1. The molecule has 0 atom stereocenters. The van der Waals surface area contributed by atoms with Gasteiger partial charge in [0.05, 0.1) is 32.6 Å². The van der Waals surface area contributed by atoms with E-state index in [0.29, 0.717) is 51.4 Å². The van der Waals surface area contributed by atoms with Crippen molar-refractivity contribution in [2.75, 3.05) is 26.9 Å². The van der Waals surface area contributed by atoms with Crippen LogP contribution in [0.4, 0.5) is 0 Å². The highest BCUT2D eigenvalue weighted by Crippen LogP contribution is 2.22. The monoisotopic (exact) mass is 530 g/mol. The van der Waals surface area contributed by atoms with Crippen molar-refractivity contribution in [1.29, 1.82) is 0 Å². The van der Waals surface area contributed by atoms with Gasteiger partial charge in [-0.1, -0.05) is 45.0 Å². The Morgan fingerprint density at radius 1 is 1.10 bits per heavy atom. The zero-order valence-corrected chi connectivity index (χ0v) is 21.0. The summed E-state index contributed by atoms with van der Waals surface area (Å²) < 4.78 is 16.7. The van der Waals surface area contributed by atoms with Crippen molar-refractivity contribution in [3.8, 4) is 0 Å². The molecule has 30 heavy (non-hydrogen) atoms. The van der Waals surface area contributed by atoms with E-state index < -0.39 is 0 Å². The molecule has 2 aromatic rings. The minimum Gasteiger partial charge on any atom is -0.443 e. The van der Waals surface area contributed by atoms with E-state index in [9.17, 15) is 0 Å². The average Bonchev–Trinajstić information content (AvgIpc) is 3.18. The highest BCUT2D eigenvalue weighted by Gasteiger charge is 2.19. The highest BCUT2D eigenvalue weighted by molar-refractivity contribution is 14.0. The first kappa shape index (κ1) is 26.4. The summed E-state index contributed by atoms with van der Waals surface area (Å²) >= 11 is 0. The molecule has 1 aromatic carbocycles. The van der Waals surface area contributed by atoms with Crippen LogP contribution in [0.1, 0.15) is 50.5 Å². The number of aliphatic imine (C=N–C) groups is 1. The Bertz CT molecular complexity index is 772. The Kier molecular flexibility index (Phi) is 12.0. The molecule has 0 bridgehead atoms. The molecule has 0 aliphatic carbocycles. The summed E-state index contributed by atoms with van der Waals surface area (Å²) in [7, 11) is 1.74. The first-order chi connectivity index (χ1) is 13.9. The number of hydrogen-bond donors (Lipinski definition) is 2. The fraction of sp³-hybridized carbons (Fsp3) is 0.545. The topological polar surface area (TPSA) is 80.9 Å². The number of oxazole rings is 1. The van der Waals surface area contributed by atoms with Gasteiger partial charge in [-0.3, -0.25) is 4.99 Å². The third-order valence-corrected chi connectivity index (χ3v) is 4.22. The van der Waals surface area contributed by atoms with Crippen LogP contribution in [0.3, 0.4) is 0 Å². The molecule has 1 heterocycles. The van der Waals surface area contributed by atoms with Gasteiger partial charge in [0, 0.05) is 25.6 Å². The van der Waals surface area contributed by atoms with Gasteiger partial charge in [-0.15, -0.1) is 24.0 Å². The summed E-state index contributed by atoms with van der Waals surface area (Å²) in [5.74, 6) is 2.21. The van der Waals surface area contributed by atoms with Crippen molar-refractivity contribution in [3.05, 3.63) is 53.2 Å². The lowest BCUT2D eigenvalue weighted by Gasteiger charge is -2.13.